The molecule has 2 heterocycles. The van der Waals surface area contributed by atoms with Crippen LogP contribution in [0, 0.1) is 0 Å². The molecular weight excluding hydrogens is 292 g/mol. The molecule has 6 heteroatoms. The Kier molecular flexibility index (Phi) is 4.92. The van der Waals surface area contributed by atoms with Gasteiger partial charge in [0.15, 0.2) is 0 Å². The van der Waals surface area contributed by atoms with E-state index in [0.29, 0.717) is 26.2 Å². The molecule has 0 aliphatic carbocycles. The Hall–Kier alpha value is -2.34. The van der Waals surface area contributed by atoms with Gasteiger partial charge < -0.3 is 15.0 Å². The second kappa shape index (κ2) is 7.28. The molecule has 1 aromatic heterocycles. The van der Waals surface area contributed by atoms with Crippen molar-refractivity contribution in [1.29, 1.82) is 0 Å². The summed E-state index contributed by atoms with van der Waals surface area (Å²) >= 11 is 0. The highest BCUT2D eigenvalue weighted by Crippen LogP contribution is 2.10. The maximum absolute atomic E-state index is 12.2. The van der Waals surface area contributed by atoms with Gasteiger partial charge in [-0.25, -0.2) is 9.48 Å². The highest BCUT2D eigenvalue weighted by molar-refractivity contribution is 5.74. The molecule has 1 unspecified atom stereocenters. The maximum Gasteiger partial charge on any atom is 0.317 e. The number of benzene rings is 1. The quantitative estimate of drug-likeness (QED) is 0.941. The fourth-order valence-corrected chi connectivity index (χ4v) is 2.61. The molecular formula is C17H22N4O2. The van der Waals surface area contributed by atoms with Crippen molar-refractivity contribution < 1.29 is 9.53 Å². The Bertz CT molecular complexity index is 641. The third-order valence-electron chi connectivity index (χ3n) is 3.98. The van der Waals surface area contributed by atoms with Gasteiger partial charge in [-0.1, -0.05) is 25.1 Å². The molecule has 6 nitrogen and oxygen atoms in total. The molecule has 0 saturated carbocycles. The highest BCUT2D eigenvalue weighted by Gasteiger charge is 2.22. The van der Waals surface area contributed by atoms with Crippen LogP contribution < -0.4 is 5.32 Å². The normalized spacial score (nSPS) is 18.0. The molecule has 2 aromatic rings. The van der Waals surface area contributed by atoms with Crippen LogP contribution in [0.5, 0.6) is 0 Å². The minimum absolute atomic E-state index is 0.0424. The number of hydrogen-bond acceptors (Lipinski definition) is 3. The Morgan fingerprint density at radius 1 is 1.39 bits per heavy atom. The fraction of sp³-hybridized carbons (Fsp3) is 0.412. The van der Waals surface area contributed by atoms with Crippen LogP contribution in [-0.4, -0.2) is 46.5 Å². The molecule has 1 atom stereocenters. The van der Waals surface area contributed by atoms with E-state index in [1.54, 1.807) is 6.20 Å². The summed E-state index contributed by atoms with van der Waals surface area (Å²) in [6.07, 6.45) is 4.79. The molecule has 1 N–H and O–H groups in total. The number of rotatable bonds is 4. The molecule has 0 spiro atoms. The molecule has 0 radical (unpaired) electrons. The summed E-state index contributed by atoms with van der Waals surface area (Å²) < 4.78 is 7.40. The fourth-order valence-electron chi connectivity index (χ4n) is 2.61. The number of carbonyl (C=O) groups excluding carboxylic acids is 1. The van der Waals surface area contributed by atoms with Crippen molar-refractivity contribution in [2.24, 2.45) is 0 Å². The number of para-hydroxylation sites is 1. The standard InChI is InChI=1S/C17H22N4O2/c1-2-16-13-20(8-9-23-16)17(22)18-10-14-11-19-21(12-14)15-6-4-3-5-7-15/h3-7,11-12,16H,2,8-10,13H2,1H3,(H,18,22). The molecule has 1 saturated heterocycles. The molecule has 1 fully saturated rings. The van der Waals surface area contributed by atoms with E-state index in [0.717, 1.165) is 17.7 Å². The lowest BCUT2D eigenvalue weighted by Gasteiger charge is -2.32. The Balaban J connectivity index is 1.54. The number of aromatic nitrogens is 2. The van der Waals surface area contributed by atoms with Crippen LogP contribution in [0.3, 0.4) is 0 Å². The van der Waals surface area contributed by atoms with E-state index in [4.69, 9.17) is 4.74 Å². The van der Waals surface area contributed by atoms with Crippen LogP contribution in [0.4, 0.5) is 4.79 Å². The van der Waals surface area contributed by atoms with Crippen molar-refractivity contribution in [3.8, 4) is 5.69 Å². The van der Waals surface area contributed by atoms with Crippen LogP contribution in [0.1, 0.15) is 18.9 Å². The average Bonchev–Trinajstić information content (AvgIpc) is 3.09. The van der Waals surface area contributed by atoms with E-state index >= 15 is 0 Å². The van der Waals surface area contributed by atoms with Crippen molar-refractivity contribution >= 4 is 6.03 Å². The van der Waals surface area contributed by atoms with Crippen LogP contribution in [0.15, 0.2) is 42.7 Å². The van der Waals surface area contributed by atoms with E-state index in [9.17, 15) is 4.79 Å². The van der Waals surface area contributed by atoms with Crippen molar-refractivity contribution in [1.82, 2.24) is 20.0 Å². The largest absolute Gasteiger partial charge is 0.375 e. The van der Waals surface area contributed by atoms with Gasteiger partial charge in [0.05, 0.1) is 24.6 Å². The summed E-state index contributed by atoms with van der Waals surface area (Å²) in [6.45, 7) is 4.46. The van der Waals surface area contributed by atoms with Crippen molar-refractivity contribution in [2.45, 2.75) is 26.0 Å². The number of ether oxygens (including phenoxy) is 1. The summed E-state index contributed by atoms with van der Waals surface area (Å²) in [5, 5.41) is 7.29. The molecule has 122 valence electrons. The van der Waals surface area contributed by atoms with Crippen LogP contribution in [0.25, 0.3) is 5.69 Å². The minimum atomic E-state index is -0.0424. The summed E-state index contributed by atoms with van der Waals surface area (Å²) in [7, 11) is 0. The lowest BCUT2D eigenvalue weighted by Crippen LogP contribution is -2.49. The van der Waals surface area contributed by atoms with Crippen LogP contribution >= 0.6 is 0 Å². The maximum atomic E-state index is 12.2. The topological polar surface area (TPSA) is 59.4 Å². The van der Waals surface area contributed by atoms with E-state index in [2.05, 4.69) is 17.3 Å². The number of nitrogens with zero attached hydrogens (tertiary/aromatic N) is 3. The third-order valence-corrected chi connectivity index (χ3v) is 3.98. The van der Waals surface area contributed by atoms with Crippen molar-refractivity contribution in [3.05, 3.63) is 48.3 Å². The number of carbonyl (C=O) groups is 1. The SMILES string of the molecule is CCC1CN(C(=O)NCc2cnn(-c3ccccc3)c2)CCO1. The zero-order chi connectivity index (χ0) is 16.1. The first-order chi connectivity index (χ1) is 11.3. The van der Waals surface area contributed by atoms with Gasteiger partial charge >= 0.3 is 6.03 Å². The molecule has 3 rings (SSSR count). The van der Waals surface area contributed by atoms with Gasteiger partial charge in [0, 0.05) is 31.4 Å². The molecule has 1 aliphatic heterocycles. The lowest BCUT2D eigenvalue weighted by molar-refractivity contribution is -0.0154. The van der Waals surface area contributed by atoms with E-state index < -0.39 is 0 Å². The Morgan fingerprint density at radius 2 is 2.22 bits per heavy atom. The van der Waals surface area contributed by atoms with Gasteiger partial charge in [0.2, 0.25) is 0 Å². The van der Waals surface area contributed by atoms with E-state index in [1.165, 1.54) is 0 Å². The van der Waals surface area contributed by atoms with Gasteiger partial charge in [-0.3, -0.25) is 0 Å². The summed E-state index contributed by atoms with van der Waals surface area (Å²) in [6, 6.07) is 9.86. The van der Waals surface area contributed by atoms with Gasteiger partial charge in [0.1, 0.15) is 0 Å². The van der Waals surface area contributed by atoms with Crippen LogP contribution in [0.2, 0.25) is 0 Å². The summed E-state index contributed by atoms with van der Waals surface area (Å²) in [4.78, 5) is 14.1. The predicted octanol–water partition coefficient (Wildman–Crippen LogP) is 2.19. The monoisotopic (exact) mass is 314 g/mol. The molecule has 23 heavy (non-hydrogen) atoms. The Morgan fingerprint density at radius 3 is 3.00 bits per heavy atom. The van der Waals surface area contributed by atoms with Crippen molar-refractivity contribution in [3.63, 3.8) is 0 Å². The van der Waals surface area contributed by atoms with Crippen molar-refractivity contribution in [2.75, 3.05) is 19.7 Å². The molecule has 0 bridgehead atoms. The molecule has 2 amide bonds. The van der Waals surface area contributed by atoms with Gasteiger partial charge in [-0.2, -0.15) is 5.10 Å². The first-order valence-electron chi connectivity index (χ1n) is 7.99. The zero-order valence-electron chi connectivity index (χ0n) is 13.3. The zero-order valence-corrected chi connectivity index (χ0v) is 13.3. The molecule has 1 aromatic carbocycles. The number of hydrogen-bond donors (Lipinski definition) is 1. The predicted molar refractivity (Wildman–Crippen MR) is 87.4 cm³/mol. The second-order valence-electron chi connectivity index (χ2n) is 5.63. The summed E-state index contributed by atoms with van der Waals surface area (Å²) in [5.41, 5.74) is 1.98. The number of urea groups is 1. The van der Waals surface area contributed by atoms with Crippen LogP contribution in [-0.2, 0) is 11.3 Å². The number of morpholine rings is 1. The first-order valence-corrected chi connectivity index (χ1v) is 7.99. The smallest absolute Gasteiger partial charge is 0.317 e. The minimum Gasteiger partial charge on any atom is -0.375 e. The van der Waals surface area contributed by atoms with E-state index in [-0.39, 0.29) is 12.1 Å². The first kappa shape index (κ1) is 15.6. The number of amides is 2. The average molecular weight is 314 g/mol. The van der Waals surface area contributed by atoms with Gasteiger partial charge in [-0.15, -0.1) is 0 Å². The molecule has 1 aliphatic rings. The second-order valence-corrected chi connectivity index (χ2v) is 5.63. The van der Waals surface area contributed by atoms with E-state index in [1.807, 2.05) is 46.1 Å². The Labute approximate surface area is 136 Å². The highest BCUT2D eigenvalue weighted by atomic mass is 16.5. The summed E-state index contributed by atoms with van der Waals surface area (Å²) in [5.74, 6) is 0. The van der Waals surface area contributed by atoms with Gasteiger partial charge in [-0.05, 0) is 18.6 Å². The lowest BCUT2D eigenvalue weighted by atomic mass is 10.2. The van der Waals surface area contributed by atoms with Gasteiger partial charge in [0.25, 0.3) is 0 Å². The third kappa shape index (κ3) is 3.90. The number of nitrogens with one attached hydrogen (secondary N) is 1.